The fourth-order valence-electron chi connectivity index (χ4n) is 1.40. The molecule has 2 nitrogen and oxygen atoms in total. The summed E-state index contributed by atoms with van der Waals surface area (Å²) < 4.78 is 18.5. The molecular weight excluding hydrogens is 241 g/mol. The zero-order chi connectivity index (χ0) is 12.8. The van der Waals surface area contributed by atoms with Gasteiger partial charge in [0.2, 0.25) is 0 Å². The summed E-state index contributed by atoms with van der Waals surface area (Å²) in [6, 6.07) is 4.39. The molecule has 1 N–H and O–H groups in total. The maximum Gasteiger partial charge on any atom is 0.142 e. The van der Waals surface area contributed by atoms with E-state index in [9.17, 15) is 4.39 Å². The first-order valence-corrected chi connectivity index (χ1v) is 6.19. The van der Waals surface area contributed by atoms with Crippen LogP contribution >= 0.6 is 11.6 Å². The van der Waals surface area contributed by atoms with Crippen molar-refractivity contribution in [3.8, 4) is 5.75 Å². The van der Waals surface area contributed by atoms with Gasteiger partial charge in [0.25, 0.3) is 0 Å². The molecule has 0 fully saturated rings. The molecule has 0 heterocycles. The molecule has 0 spiro atoms. The van der Waals surface area contributed by atoms with Crippen LogP contribution in [0.15, 0.2) is 18.2 Å². The number of hydrogen-bond acceptors (Lipinski definition) is 2. The summed E-state index contributed by atoms with van der Waals surface area (Å²) in [5.41, 5.74) is 0. The standard InChI is InChI=1S/C13H19ClFNO/c1-9(2)7-16-8-10(3)17-11-4-5-13(15)12(14)6-11/h4-6,9-10,16H,7-8H2,1-3H3. The zero-order valence-corrected chi connectivity index (χ0v) is 11.2. The van der Waals surface area contributed by atoms with E-state index < -0.39 is 5.82 Å². The Balaban J connectivity index is 2.39. The van der Waals surface area contributed by atoms with Crippen LogP contribution in [0.1, 0.15) is 20.8 Å². The Labute approximate surface area is 107 Å². The molecule has 0 saturated carbocycles. The van der Waals surface area contributed by atoms with Gasteiger partial charge in [0.1, 0.15) is 17.7 Å². The van der Waals surface area contributed by atoms with Crippen LogP contribution in [-0.4, -0.2) is 19.2 Å². The van der Waals surface area contributed by atoms with Crippen molar-refractivity contribution in [1.82, 2.24) is 5.32 Å². The van der Waals surface area contributed by atoms with E-state index in [1.807, 2.05) is 6.92 Å². The van der Waals surface area contributed by atoms with Crippen molar-refractivity contribution in [2.45, 2.75) is 26.9 Å². The van der Waals surface area contributed by atoms with Gasteiger partial charge in [0.15, 0.2) is 0 Å². The molecule has 1 atom stereocenters. The Hall–Kier alpha value is -0.800. The summed E-state index contributed by atoms with van der Waals surface area (Å²) in [6.45, 7) is 7.98. The molecule has 0 radical (unpaired) electrons. The molecule has 0 amide bonds. The van der Waals surface area contributed by atoms with Crippen LogP contribution in [0.4, 0.5) is 4.39 Å². The molecule has 1 aromatic rings. The van der Waals surface area contributed by atoms with Gasteiger partial charge in [-0.25, -0.2) is 4.39 Å². The minimum absolute atomic E-state index is 0.0234. The normalized spacial score (nSPS) is 12.8. The second-order valence-electron chi connectivity index (χ2n) is 4.56. The lowest BCUT2D eigenvalue weighted by Gasteiger charge is -2.16. The summed E-state index contributed by atoms with van der Waals surface area (Å²) in [5, 5.41) is 3.39. The SMILES string of the molecule is CC(C)CNCC(C)Oc1ccc(F)c(Cl)c1. The number of halogens is 2. The molecule has 0 aromatic heterocycles. The predicted molar refractivity (Wildman–Crippen MR) is 69.2 cm³/mol. The quantitative estimate of drug-likeness (QED) is 0.844. The highest BCUT2D eigenvalue weighted by Crippen LogP contribution is 2.21. The average molecular weight is 260 g/mol. The zero-order valence-electron chi connectivity index (χ0n) is 10.5. The van der Waals surface area contributed by atoms with Crippen LogP contribution in [0.2, 0.25) is 5.02 Å². The van der Waals surface area contributed by atoms with E-state index in [2.05, 4.69) is 19.2 Å². The number of rotatable bonds is 6. The van der Waals surface area contributed by atoms with E-state index in [0.29, 0.717) is 11.7 Å². The van der Waals surface area contributed by atoms with Crippen LogP contribution < -0.4 is 10.1 Å². The summed E-state index contributed by atoms with van der Waals surface area (Å²) in [7, 11) is 0. The molecule has 0 aliphatic rings. The van der Waals surface area contributed by atoms with Crippen molar-refractivity contribution < 1.29 is 9.13 Å². The smallest absolute Gasteiger partial charge is 0.142 e. The summed E-state index contributed by atoms with van der Waals surface area (Å²) >= 11 is 5.67. The van der Waals surface area contributed by atoms with Gasteiger partial charge < -0.3 is 10.1 Å². The van der Waals surface area contributed by atoms with E-state index in [1.54, 1.807) is 6.07 Å². The van der Waals surface area contributed by atoms with E-state index in [1.165, 1.54) is 12.1 Å². The highest BCUT2D eigenvalue weighted by atomic mass is 35.5. The molecule has 17 heavy (non-hydrogen) atoms. The molecule has 96 valence electrons. The minimum Gasteiger partial charge on any atom is -0.489 e. The number of hydrogen-bond donors (Lipinski definition) is 1. The Morgan fingerprint density at radius 3 is 2.59 bits per heavy atom. The van der Waals surface area contributed by atoms with Crippen LogP contribution in [0.3, 0.4) is 0 Å². The Kier molecular flexibility index (Phi) is 5.72. The Morgan fingerprint density at radius 1 is 1.29 bits per heavy atom. The molecule has 0 aliphatic heterocycles. The molecule has 0 saturated heterocycles. The summed E-state index contributed by atoms with van der Waals surface area (Å²) in [4.78, 5) is 0. The third-order valence-corrected chi connectivity index (χ3v) is 2.50. The molecule has 1 unspecified atom stereocenters. The maximum absolute atomic E-state index is 12.9. The average Bonchev–Trinajstić information content (AvgIpc) is 2.23. The van der Waals surface area contributed by atoms with Crippen LogP contribution in [0.25, 0.3) is 0 Å². The molecule has 4 heteroatoms. The third-order valence-electron chi connectivity index (χ3n) is 2.21. The second kappa shape index (κ2) is 6.82. The monoisotopic (exact) mass is 259 g/mol. The van der Waals surface area contributed by atoms with Crippen LogP contribution in [-0.2, 0) is 0 Å². The summed E-state index contributed by atoms with van der Waals surface area (Å²) in [5.74, 6) is 0.780. The van der Waals surface area contributed by atoms with Crippen molar-refractivity contribution in [2.75, 3.05) is 13.1 Å². The highest BCUT2D eigenvalue weighted by molar-refractivity contribution is 6.30. The molecular formula is C13H19ClFNO. The van der Waals surface area contributed by atoms with E-state index in [4.69, 9.17) is 16.3 Å². The van der Waals surface area contributed by atoms with Crippen molar-refractivity contribution in [1.29, 1.82) is 0 Å². The Morgan fingerprint density at radius 2 is 2.00 bits per heavy atom. The van der Waals surface area contributed by atoms with E-state index >= 15 is 0 Å². The maximum atomic E-state index is 12.9. The summed E-state index contributed by atoms with van der Waals surface area (Å²) in [6.07, 6.45) is 0.0234. The van der Waals surface area contributed by atoms with Crippen molar-refractivity contribution >= 4 is 11.6 Å². The van der Waals surface area contributed by atoms with Gasteiger partial charge in [-0.15, -0.1) is 0 Å². The molecule has 1 rings (SSSR count). The lowest BCUT2D eigenvalue weighted by Crippen LogP contribution is -2.31. The fourth-order valence-corrected chi connectivity index (χ4v) is 1.57. The van der Waals surface area contributed by atoms with Gasteiger partial charge in [-0.05, 0) is 31.5 Å². The van der Waals surface area contributed by atoms with Gasteiger partial charge in [-0.2, -0.15) is 0 Å². The van der Waals surface area contributed by atoms with E-state index in [-0.39, 0.29) is 11.1 Å². The minimum atomic E-state index is -0.426. The van der Waals surface area contributed by atoms with Gasteiger partial charge in [0.05, 0.1) is 5.02 Å². The van der Waals surface area contributed by atoms with Gasteiger partial charge in [-0.1, -0.05) is 25.4 Å². The molecule has 0 aliphatic carbocycles. The predicted octanol–water partition coefficient (Wildman–Crippen LogP) is 3.49. The van der Waals surface area contributed by atoms with Crippen molar-refractivity contribution in [3.05, 3.63) is 29.0 Å². The van der Waals surface area contributed by atoms with E-state index in [0.717, 1.165) is 13.1 Å². The number of benzene rings is 1. The first-order valence-electron chi connectivity index (χ1n) is 5.81. The topological polar surface area (TPSA) is 21.3 Å². The lowest BCUT2D eigenvalue weighted by atomic mass is 10.2. The fraction of sp³-hybridized carbons (Fsp3) is 0.538. The number of nitrogens with one attached hydrogen (secondary N) is 1. The first-order chi connectivity index (χ1) is 7.99. The van der Waals surface area contributed by atoms with Gasteiger partial charge >= 0.3 is 0 Å². The second-order valence-corrected chi connectivity index (χ2v) is 4.96. The van der Waals surface area contributed by atoms with Crippen molar-refractivity contribution in [3.63, 3.8) is 0 Å². The Bertz CT molecular complexity index is 357. The van der Waals surface area contributed by atoms with Gasteiger partial charge in [-0.3, -0.25) is 0 Å². The number of ether oxygens (including phenoxy) is 1. The third kappa shape index (κ3) is 5.37. The van der Waals surface area contributed by atoms with Crippen molar-refractivity contribution in [2.24, 2.45) is 5.92 Å². The van der Waals surface area contributed by atoms with Crippen LogP contribution in [0, 0.1) is 11.7 Å². The molecule has 0 bridgehead atoms. The highest BCUT2D eigenvalue weighted by Gasteiger charge is 2.06. The lowest BCUT2D eigenvalue weighted by molar-refractivity contribution is 0.215. The van der Waals surface area contributed by atoms with Gasteiger partial charge in [0, 0.05) is 12.6 Å². The molecule has 1 aromatic carbocycles. The largest absolute Gasteiger partial charge is 0.489 e. The van der Waals surface area contributed by atoms with Crippen LogP contribution in [0.5, 0.6) is 5.75 Å². The first kappa shape index (κ1) is 14.3.